The molecule has 2 aromatic carbocycles. The minimum absolute atomic E-state index is 0.0673. The molecular weight excluding hydrogens is 340 g/mol. The lowest BCUT2D eigenvalue weighted by molar-refractivity contribution is 0.0340. The molecule has 0 aliphatic carbocycles. The standard InChI is InChI=1S/C22H28N2O3/c1-3-27-21-9-8-18(14-17(21)2)22(25)23-15-19-6-4-5-7-20(19)16-24-10-12-26-13-11-24/h4-9,14H,3,10-13,15-16H2,1-2H3,(H,23,25). The number of carbonyl (C=O) groups excluding carboxylic acids is 1. The highest BCUT2D eigenvalue weighted by Gasteiger charge is 2.14. The van der Waals surface area contributed by atoms with E-state index < -0.39 is 0 Å². The molecule has 1 aliphatic rings. The molecule has 5 heteroatoms. The second-order valence-corrected chi connectivity index (χ2v) is 6.75. The zero-order valence-electron chi connectivity index (χ0n) is 16.2. The van der Waals surface area contributed by atoms with Gasteiger partial charge in [0.15, 0.2) is 0 Å². The normalized spacial score (nSPS) is 14.7. The number of benzene rings is 2. The molecule has 0 radical (unpaired) electrons. The van der Waals surface area contributed by atoms with Gasteiger partial charge in [0.25, 0.3) is 5.91 Å². The summed E-state index contributed by atoms with van der Waals surface area (Å²) in [5, 5.41) is 3.05. The molecule has 0 unspecified atom stereocenters. The van der Waals surface area contributed by atoms with Crippen LogP contribution in [0.4, 0.5) is 0 Å². The summed E-state index contributed by atoms with van der Waals surface area (Å²) >= 11 is 0. The molecule has 1 amide bonds. The quantitative estimate of drug-likeness (QED) is 0.816. The molecule has 0 aromatic heterocycles. The smallest absolute Gasteiger partial charge is 0.251 e. The van der Waals surface area contributed by atoms with E-state index in [1.807, 2.05) is 38.1 Å². The summed E-state index contributed by atoms with van der Waals surface area (Å²) in [6, 6.07) is 13.8. The summed E-state index contributed by atoms with van der Waals surface area (Å²) < 4.78 is 11.0. The van der Waals surface area contributed by atoms with Gasteiger partial charge in [-0.2, -0.15) is 0 Å². The molecule has 144 valence electrons. The maximum Gasteiger partial charge on any atom is 0.251 e. The summed E-state index contributed by atoms with van der Waals surface area (Å²) in [6.07, 6.45) is 0. The van der Waals surface area contributed by atoms with E-state index in [-0.39, 0.29) is 5.91 Å². The summed E-state index contributed by atoms with van der Waals surface area (Å²) in [5.74, 6) is 0.757. The summed E-state index contributed by atoms with van der Waals surface area (Å²) in [5.41, 5.74) is 4.03. The number of aryl methyl sites for hydroxylation is 1. The summed E-state index contributed by atoms with van der Waals surface area (Å²) in [7, 11) is 0. The van der Waals surface area contributed by atoms with Crippen LogP contribution in [0.2, 0.25) is 0 Å². The van der Waals surface area contributed by atoms with Crippen molar-refractivity contribution in [2.75, 3.05) is 32.9 Å². The largest absolute Gasteiger partial charge is 0.494 e. The van der Waals surface area contributed by atoms with Gasteiger partial charge in [0, 0.05) is 31.7 Å². The van der Waals surface area contributed by atoms with Crippen LogP contribution in [0.3, 0.4) is 0 Å². The Balaban J connectivity index is 1.62. The van der Waals surface area contributed by atoms with Crippen LogP contribution in [0.5, 0.6) is 5.75 Å². The summed E-state index contributed by atoms with van der Waals surface area (Å²) in [6.45, 7) is 9.41. The molecule has 1 fully saturated rings. The van der Waals surface area contributed by atoms with E-state index in [1.165, 1.54) is 5.56 Å². The molecule has 1 saturated heterocycles. The number of carbonyl (C=O) groups is 1. The molecule has 1 N–H and O–H groups in total. The van der Waals surface area contributed by atoms with Crippen molar-refractivity contribution in [2.45, 2.75) is 26.9 Å². The van der Waals surface area contributed by atoms with Crippen LogP contribution < -0.4 is 10.1 Å². The van der Waals surface area contributed by atoms with Crippen molar-refractivity contribution < 1.29 is 14.3 Å². The van der Waals surface area contributed by atoms with Gasteiger partial charge in [-0.25, -0.2) is 0 Å². The lowest BCUT2D eigenvalue weighted by atomic mass is 10.1. The lowest BCUT2D eigenvalue weighted by Gasteiger charge is -2.27. The number of hydrogen-bond donors (Lipinski definition) is 1. The molecule has 1 heterocycles. The van der Waals surface area contributed by atoms with Crippen molar-refractivity contribution in [3.8, 4) is 5.75 Å². The number of rotatable bonds is 7. The van der Waals surface area contributed by atoms with E-state index in [0.29, 0.717) is 18.7 Å². The van der Waals surface area contributed by atoms with Crippen molar-refractivity contribution >= 4 is 5.91 Å². The van der Waals surface area contributed by atoms with Gasteiger partial charge in [0.05, 0.1) is 19.8 Å². The second-order valence-electron chi connectivity index (χ2n) is 6.75. The third kappa shape index (κ3) is 5.31. The van der Waals surface area contributed by atoms with Crippen LogP contribution >= 0.6 is 0 Å². The molecule has 0 bridgehead atoms. The summed E-state index contributed by atoms with van der Waals surface area (Å²) in [4.78, 5) is 15.0. The van der Waals surface area contributed by atoms with Crippen molar-refractivity contribution in [3.05, 3.63) is 64.7 Å². The van der Waals surface area contributed by atoms with Crippen LogP contribution in [-0.4, -0.2) is 43.7 Å². The van der Waals surface area contributed by atoms with Crippen molar-refractivity contribution in [1.82, 2.24) is 10.2 Å². The fourth-order valence-corrected chi connectivity index (χ4v) is 3.27. The molecule has 3 rings (SSSR count). The highest BCUT2D eigenvalue weighted by Crippen LogP contribution is 2.19. The maximum absolute atomic E-state index is 12.6. The third-order valence-electron chi connectivity index (χ3n) is 4.79. The van der Waals surface area contributed by atoms with Gasteiger partial charge in [-0.3, -0.25) is 9.69 Å². The van der Waals surface area contributed by atoms with E-state index in [9.17, 15) is 4.79 Å². The first-order valence-corrected chi connectivity index (χ1v) is 9.56. The Hall–Kier alpha value is -2.37. The van der Waals surface area contributed by atoms with E-state index in [0.717, 1.165) is 49.7 Å². The molecule has 0 saturated carbocycles. The SMILES string of the molecule is CCOc1ccc(C(=O)NCc2ccccc2CN2CCOCC2)cc1C. The second kappa shape index (κ2) is 9.53. The first kappa shape index (κ1) is 19.4. The van der Waals surface area contributed by atoms with Gasteiger partial charge >= 0.3 is 0 Å². The van der Waals surface area contributed by atoms with Gasteiger partial charge < -0.3 is 14.8 Å². The van der Waals surface area contributed by atoms with Gasteiger partial charge in [0.1, 0.15) is 5.75 Å². The zero-order chi connectivity index (χ0) is 19.1. The van der Waals surface area contributed by atoms with Crippen LogP contribution in [0.25, 0.3) is 0 Å². The fourth-order valence-electron chi connectivity index (χ4n) is 3.27. The zero-order valence-corrected chi connectivity index (χ0v) is 16.2. The van der Waals surface area contributed by atoms with Crippen molar-refractivity contribution in [3.63, 3.8) is 0 Å². The average molecular weight is 368 g/mol. The Morgan fingerprint density at radius 2 is 1.89 bits per heavy atom. The number of morpholine rings is 1. The Morgan fingerprint density at radius 1 is 1.15 bits per heavy atom. The average Bonchev–Trinajstić information content (AvgIpc) is 2.69. The fraction of sp³-hybridized carbons (Fsp3) is 0.409. The predicted octanol–water partition coefficient (Wildman–Crippen LogP) is 3.16. The Morgan fingerprint density at radius 3 is 2.59 bits per heavy atom. The van der Waals surface area contributed by atoms with Crippen LogP contribution in [-0.2, 0) is 17.8 Å². The van der Waals surface area contributed by atoms with Gasteiger partial charge in [0.2, 0.25) is 0 Å². The van der Waals surface area contributed by atoms with E-state index in [4.69, 9.17) is 9.47 Å². The molecule has 5 nitrogen and oxygen atoms in total. The Bertz CT molecular complexity index is 770. The van der Waals surface area contributed by atoms with E-state index in [2.05, 4.69) is 28.4 Å². The maximum atomic E-state index is 12.6. The lowest BCUT2D eigenvalue weighted by Crippen LogP contribution is -2.36. The highest BCUT2D eigenvalue weighted by molar-refractivity contribution is 5.94. The van der Waals surface area contributed by atoms with Gasteiger partial charge in [-0.15, -0.1) is 0 Å². The minimum atomic E-state index is -0.0673. The monoisotopic (exact) mass is 368 g/mol. The van der Waals surface area contributed by atoms with E-state index in [1.54, 1.807) is 0 Å². The van der Waals surface area contributed by atoms with Crippen molar-refractivity contribution in [1.29, 1.82) is 0 Å². The minimum Gasteiger partial charge on any atom is -0.494 e. The Labute approximate surface area is 161 Å². The van der Waals surface area contributed by atoms with Gasteiger partial charge in [-0.1, -0.05) is 24.3 Å². The van der Waals surface area contributed by atoms with Crippen LogP contribution in [0.15, 0.2) is 42.5 Å². The Kier molecular flexibility index (Phi) is 6.85. The molecular formula is C22H28N2O3. The number of amides is 1. The topological polar surface area (TPSA) is 50.8 Å². The van der Waals surface area contributed by atoms with Crippen LogP contribution in [0.1, 0.15) is 34.0 Å². The van der Waals surface area contributed by atoms with Crippen molar-refractivity contribution in [2.24, 2.45) is 0 Å². The molecule has 0 atom stereocenters. The molecule has 27 heavy (non-hydrogen) atoms. The van der Waals surface area contributed by atoms with E-state index >= 15 is 0 Å². The van der Waals surface area contributed by atoms with Crippen LogP contribution in [0, 0.1) is 6.92 Å². The molecule has 2 aromatic rings. The number of nitrogens with zero attached hydrogens (tertiary/aromatic N) is 1. The first-order chi connectivity index (χ1) is 13.2. The number of nitrogens with one attached hydrogen (secondary N) is 1. The molecule has 0 spiro atoms. The third-order valence-corrected chi connectivity index (χ3v) is 4.79. The highest BCUT2D eigenvalue weighted by atomic mass is 16.5. The first-order valence-electron chi connectivity index (χ1n) is 9.56. The molecule has 1 aliphatic heterocycles. The predicted molar refractivity (Wildman–Crippen MR) is 106 cm³/mol. The number of ether oxygens (including phenoxy) is 2. The van der Waals surface area contributed by atoms with Gasteiger partial charge in [-0.05, 0) is 48.7 Å². The number of hydrogen-bond acceptors (Lipinski definition) is 4.